The molecule has 1 aliphatic rings. The fraction of sp³-hybridized carbons (Fsp3) is 0.158. The minimum Gasteiger partial charge on any atom is -0.301 e. The maximum Gasteiger partial charge on any atom is 0.236 e. The molecular weight excluding hydrogens is 355 g/mol. The molecule has 6 heteroatoms. The Bertz CT molecular complexity index is 921. The average Bonchev–Trinajstić information content (AvgIpc) is 3.04. The molecule has 0 unspecified atom stereocenters. The quantitative estimate of drug-likeness (QED) is 0.672. The molecule has 0 atom stereocenters. The number of benzene rings is 2. The highest BCUT2D eigenvalue weighted by molar-refractivity contribution is 8.00. The second-order valence-electron chi connectivity index (χ2n) is 5.74. The number of nitrogens with one attached hydrogen (secondary N) is 1. The monoisotopic (exact) mass is 370 g/mol. The summed E-state index contributed by atoms with van der Waals surface area (Å²) < 4.78 is 12.9. The SMILES string of the molecule is O=C(CSc1ccc(F)cc1)Nc1nc2c(s1)CCc1ccccc1-2. The summed E-state index contributed by atoms with van der Waals surface area (Å²) in [5.41, 5.74) is 3.47. The van der Waals surface area contributed by atoms with Gasteiger partial charge in [-0.25, -0.2) is 9.37 Å². The summed E-state index contributed by atoms with van der Waals surface area (Å²) in [5.74, 6) is -0.108. The first-order chi connectivity index (χ1) is 12.2. The van der Waals surface area contributed by atoms with Crippen molar-refractivity contribution in [3.05, 3.63) is 64.8 Å². The third-order valence-electron chi connectivity index (χ3n) is 4.02. The van der Waals surface area contributed by atoms with Crippen LogP contribution in [0.5, 0.6) is 0 Å². The number of aromatic nitrogens is 1. The topological polar surface area (TPSA) is 42.0 Å². The van der Waals surface area contributed by atoms with Crippen LogP contribution in [0.15, 0.2) is 53.4 Å². The molecule has 1 amide bonds. The summed E-state index contributed by atoms with van der Waals surface area (Å²) >= 11 is 2.93. The van der Waals surface area contributed by atoms with Crippen molar-refractivity contribution in [3.63, 3.8) is 0 Å². The molecule has 25 heavy (non-hydrogen) atoms. The van der Waals surface area contributed by atoms with Crippen LogP contribution in [0.2, 0.25) is 0 Å². The maximum absolute atomic E-state index is 12.9. The molecule has 0 aliphatic heterocycles. The smallest absolute Gasteiger partial charge is 0.236 e. The molecule has 0 saturated carbocycles. The van der Waals surface area contributed by atoms with Crippen LogP contribution in [0.4, 0.5) is 9.52 Å². The van der Waals surface area contributed by atoms with Gasteiger partial charge in [0.05, 0.1) is 11.4 Å². The van der Waals surface area contributed by atoms with Crippen molar-refractivity contribution in [1.29, 1.82) is 0 Å². The number of carbonyl (C=O) groups is 1. The molecule has 126 valence electrons. The van der Waals surface area contributed by atoms with Gasteiger partial charge in [-0.05, 0) is 42.7 Å². The Labute approximate surface area is 153 Å². The summed E-state index contributed by atoms with van der Waals surface area (Å²) in [6.07, 6.45) is 1.98. The van der Waals surface area contributed by atoms with Crippen LogP contribution in [0, 0.1) is 5.82 Å². The van der Waals surface area contributed by atoms with E-state index < -0.39 is 0 Å². The van der Waals surface area contributed by atoms with Gasteiger partial charge in [0, 0.05) is 15.3 Å². The van der Waals surface area contributed by atoms with Gasteiger partial charge in [-0.1, -0.05) is 24.3 Å². The molecule has 1 N–H and O–H groups in total. The fourth-order valence-electron chi connectivity index (χ4n) is 2.84. The predicted molar refractivity (Wildman–Crippen MR) is 101 cm³/mol. The van der Waals surface area contributed by atoms with E-state index in [-0.39, 0.29) is 17.5 Å². The molecule has 4 rings (SSSR count). The number of aryl methyl sites for hydroxylation is 2. The first-order valence-electron chi connectivity index (χ1n) is 7.95. The average molecular weight is 370 g/mol. The first kappa shape index (κ1) is 16.3. The van der Waals surface area contributed by atoms with Crippen LogP contribution in [0.1, 0.15) is 10.4 Å². The maximum atomic E-state index is 12.9. The number of anilines is 1. The molecule has 0 radical (unpaired) electrons. The van der Waals surface area contributed by atoms with Crippen LogP contribution < -0.4 is 5.32 Å². The second-order valence-corrected chi connectivity index (χ2v) is 7.87. The van der Waals surface area contributed by atoms with Gasteiger partial charge in [-0.15, -0.1) is 23.1 Å². The number of amides is 1. The number of nitrogens with zero attached hydrogens (tertiary/aromatic N) is 1. The lowest BCUT2D eigenvalue weighted by Gasteiger charge is -2.13. The van der Waals surface area contributed by atoms with E-state index in [9.17, 15) is 9.18 Å². The van der Waals surface area contributed by atoms with E-state index in [1.54, 1.807) is 23.5 Å². The summed E-state index contributed by atoms with van der Waals surface area (Å²) in [7, 11) is 0. The Morgan fingerprint density at radius 2 is 1.96 bits per heavy atom. The highest BCUT2D eigenvalue weighted by Crippen LogP contribution is 2.38. The fourth-order valence-corrected chi connectivity index (χ4v) is 4.53. The number of rotatable bonds is 4. The Balaban J connectivity index is 1.43. The standard InChI is InChI=1S/C19H15FN2OS2/c20-13-6-8-14(9-7-13)24-11-17(23)21-19-22-18-15-4-2-1-3-12(15)5-10-16(18)25-19/h1-4,6-9H,5,10-11H2,(H,21,22,23). The van der Waals surface area contributed by atoms with E-state index in [1.165, 1.54) is 39.9 Å². The zero-order valence-electron chi connectivity index (χ0n) is 13.3. The molecule has 3 aromatic rings. The lowest BCUT2D eigenvalue weighted by molar-refractivity contribution is -0.113. The summed E-state index contributed by atoms with van der Waals surface area (Å²) in [5, 5.41) is 3.53. The molecule has 1 aromatic heterocycles. The van der Waals surface area contributed by atoms with E-state index in [4.69, 9.17) is 0 Å². The van der Waals surface area contributed by atoms with E-state index in [0.29, 0.717) is 5.13 Å². The Morgan fingerprint density at radius 3 is 2.80 bits per heavy atom. The summed E-state index contributed by atoms with van der Waals surface area (Å²) in [4.78, 5) is 18.9. The molecule has 0 spiro atoms. The second kappa shape index (κ2) is 6.98. The van der Waals surface area contributed by atoms with Gasteiger partial charge in [0.1, 0.15) is 5.82 Å². The lowest BCUT2D eigenvalue weighted by atomic mass is 9.94. The van der Waals surface area contributed by atoms with Crippen LogP contribution in [-0.4, -0.2) is 16.6 Å². The number of hydrogen-bond acceptors (Lipinski definition) is 4. The van der Waals surface area contributed by atoms with E-state index in [2.05, 4.69) is 22.4 Å². The Morgan fingerprint density at radius 1 is 1.16 bits per heavy atom. The number of hydrogen-bond donors (Lipinski definition) is 1. The third-order valence-corrected chi connectivity index (χ3v) is 6.06. The molecule has 1 heterocycles. The van der Waals surface area contributed by atoms with E-state index >= 15 is 0 Å². The van der Waals surface area contributed by atoms with Crippen molar-refractivity contribution in [2.24, 2.45) is 0 Å². The van der Waals surface area contributed by atoms with Crippen LogP contribution in [0.3, 0.4) is 0 Å². The van der Waals surface area contributed by atoms with Crippen molar-refractivity contribution < 1.29 is 9.18 Å². The van der Waals surface area contributed by atoms with Gasteiger partial charge in [-0.2, -0.15) is 0 Å². The van der Waals surface area contributed by atoms with E-state index in [1.807, 2.05) is 12.1 Å². The van der Waals surface area contributed by atoms with Crippen molar-refractivity contribution in [1.82, 2.24) is 4.98 Å². The minimum absolute atomic E-state index is 0.103. The molecule has 0 saturated heterocycles. The minimum atomic E-state index is -0.276. The summed E-state index contributed by atoms with van der Waals surface area (Å²) in [6.45, 7) is 0. The van der Waals surface area contributed by atoms with Crippen molar-refractivity contribution in [2.45, 2.75) is 17.7 Å². The third kappa shape index (κ3) is 3.60. The van der Waals surface area contributed by atoms with Gasteiger partial charge in [0.2, 0.25) is 5.91 Å². The van der Waals surface area contributed by atoms with Gasteiger partial charge in [-0.3, -0.25) is 4.79 Å². The normalized spacial score (nSPS) is 12.4. The number of thiazole rings is 1. The zero-order valence-corrected chi connectivity index (χ0v) is 14.9. The molecule has 1 aliphatic carbocycles. The van der Waals surface area contributed by atoms with Gasteiger partial charge in [0.25, 0.3) is 0 Å². The highest BCUT2D eigenvalue weighted by Gasteiger charge is 2.21. The number of fused-ring (bicyclic) bond motifs is 3. The van der Waals surface area contributed by atoms with E-state index in [0.717, 1.165) is 23.4 Å². The largest absolute Gasteiger partial charge is 0.301 e. The van der Waals surface area contributed by atoms with Crippen LogP contribution >= 0.6 is 23.1 Å². The van der Waals surface area contributed by atoms with Crippen molar-refractivity contribution >= 4 is 34.1 Å². The first-order valence-corrected chi connectivity index (χ1v) is 9.75. The number of halogens is 1. The Kier molecular flexibility index (Phi) is 4.55. The number of thioether (sulfide) groups is 1. The van der Waals surface area contributed by atoms with Crippen LogP contribution in [0.25, 0.3) is 11.3 Å². The zero-order chi connectivity index (χ0) is 17.2. The van der Waals surface area contributed by atoms with Crippen molar-refractivity contribution in [2.75, 3.05) is 11.1 Å². The van der Waals surface area contributed by atoms with Gasteiger partial charge < -0.3 is 5.32 Å². The number of carbonyl (C=O) groups excluding carboxylic acids is 1. The molecule has 0 bridgehead atoms. The lowest BCUT2D eigenvalue weighted by Crippen LogP contribution is -2.13. The molecule has 3 nitrogen and oxygen atoms in total. The highest BCUT2D eigenvalue weighted by atomic mass is 32.2. The molecular formula is C19H15FN2OS2. The molecule has 0 fully saturated rings. The predicted octanol–water partition coefficient (Wildman–Crippen LogP) is 4.78. The molecule has 2 aromatic carbocycles. The van der Waals surface area contributed by atoms with Gasteiger partial charge >= 0.3 is 0 Å². The van der Waals surface area contributed by atoms with Gasteiger partial charge in [0.15, 0.2) is 5.13 Å². The Hall–Kier alpha value is -2.18. The van der Waals surface area contributed by atoms with Crippen LogP contribution in [-0.2, 0) is 17.6 Å². The summed E-state index contributed by atoms with van der Waals surface area (Å²) in [6, 6.07) is 14.4. The van der Waals surface area contributed by atoms with Crippen molar-refractivity contribution in [3.8, 4) is 11.3 Å².